The van der Waals surface area contributed by atoms with E-state index in [2.05, 4.69) is 0 Å². The van der Waals surface area contributed by atoms with Gasteiger partial charge in [-0.25, -0.2) is 4.79 Å². The zero-order valence-corrected chi connectivity index (χ0v) is 11.1. The summed E-state index contributed by atoms with van der Waals surface area (Å²) in [6, 6.07) is 0. The SMILES string of the molecule is O=C(O)C(CO)=C(CO)C1CCC2C3CCC(C3)C12. The number of rotatable bonds is 4. The lowest BCUT2D eigenvalue weighted by molar-refractivity contribution is -0.133. The number of hydrogen-bond donors (Lipinski definition) is 3. The summed E-state index contributed by atoms with van der Waals surface area (Å²) in [5, 5.41) is 28.1. The minimum absolute atomic E-state index is 0.0240. The molecule has 0 radical (unpaired) electrons. The van der Waals surface area contributed by atoms with Crippen LogP contribution in [0.15, 0.2) is 11.1 Å². The summed E-state index contributed by atoms with van der Waals surface area (Å²) < 4.78 is 0. The van der Waals surface area contributed by atoms with Crippen molar-refractivity contribution in [3.63, 3.8) is 0 Å². The Morgan fingerprint density at radius 3 is 2.37 bits per heavy atom. The zero-order valence-electron chi connectivity index (χ0n) is 11.1. The molecule has 106 valence electrons. The van der Waals surface area contributed by atoms with Crippen LogP contribution in [0.5, 0.6) is 0 Å². The maximum absolute atomic E-state index is 11.2. The Morgan fingerprint density at radius 2 is 1.74 bits per heavy atom. The summed E-state index contributed by atoms with van der Waals surface area (Å²) >= 11 is 0. The summed E-state index contributed by atoms with van der Waals surface area (Å²) in [6.45, 7) is -0.708. The molecule has 4 nitrogen and oxygen atoms in total. The fourth-order valence-corrected chi connectivity index (χ4v) is 5.22. The molecule has 3 N–H and O–H groups in total. The highest BCUT2D eigenvalue weighted by Gasteiger charge is 2.54. The standard InChI is InChI=1S/C15H22O4/c16-6-12(13(7-17)15(18)19)11-4-3-10-8-1-2-9(5-8)14(10)11/h8-11,14,16-17H,1-7H2,(H,18,19). The molecule has 0 aromatic heterocycles. The molecule has 4 heteroatoms. The highest BCUT2D eigenvalue weighted by atomic mass is 16.4. The van der Waals surface area contributed by atoms with Gasteiger partial charge in [0.15, 0.2) is 0 Å². The first-order chi connectivity index (χ1) is 9.17. The van der Waals surface area contributed by atoms with Crippen LogP contribution in [0.3, 0.4) is 0 Å². The van der Waals surface area contributed by atoms with Crippen molar-refractivity contribution >= 4 is 5.97 Å². The van der Waals surface area contributed by atoms with Gasteiger partial charge in [0.2, 0.25) is 0 Å². The summed E-state index contributed by atoms with van der Waals surface area (Å²) in [6.07, 6.45) is 6.05. The van der Waals surface area contributed by atoms with Crippen LogP contribution in [0.1, 0.15) is 32.1 Å². The van der Waals surface area contributed by atoms with Gasteiger partial charge in [0.05, 0.1) is 18.8 Å². The molecule has 3 fully saturated rings. The van der Waals surface area contributed by atoms with Crippen LogP contribution in [0, 0.1) is 29.6 Å². The van der Waals surface area contributed by atoms with Crippen molar-refractivity contribution in [1.29, 1.82) is 0 Å². The molecular formula is C15H22O4. The topological polar surface area (TPSA) is 77.8 Å². The molecule has 0 aliphatic heterocycles. The van der Waals surface area contributed by atoms with Crippen molar-refractivity contribution in [3.05, 3.63) is 11.1 Å². The summed E-state index contributed by atoms with van der Waals surface area (Å²) in [5.74, 6) is 1.95. The summed E-state index contributed by atoms with van der Waals surface area (Å²) in [4.78, 5) is 11.2. The third kappa shape index (κ3) is 1.93. The number of aliphatic hydroxyl groups excluding tert-OH is 2. The van der Waals surface area contributed by atoms with Gasteiger partial charge in [-0.15, -0.1) is 0 Å². The monoisotopic (exact) mass is 266 g/mol. The van der Waals surface area contributed by atoms with Gasteiger partial charge in [0.25, 0.3) is 0 Å². The van der Waals surface area contributed by atoms with Crippen molar-refractivity contribution in [2.24, 2.45) is 29.6 Å². The molecule has 3 aliphatic carbocycles. The first-order valence-corrected chi connectivity index (χ1v) is 7.34. The molecule has 3 rings (SSSR count). The van der Waals surface area contributed by atoms with Crippen molar-refractivity contribution in [2.75, 3.05) is 13.2 Å². The van der Waals surface area contributed by atoms with E-state index >= 15 is 0 Å². The van der Waals surface area contributed by atoms with Crippen molar-refractivity contribution in [1.82, 2.24) is 0 Å². The van der Waals surface area contributed by atoms with E-state index in [1.54, 1.807) is 0 Å². The molecule has 0 spiro atoms. The van der Waals surface area contributed by atoms with Crippen molar-refractivity contribution < 1.29 is 20.1 Å². The Hall–Kier alpha value is -0.870. The molecular weight excluding hydrogens is 244 g/mol. The fourth-order valence-electron chi connectivity index (χ4n) is 5.22. The lowest BCUT2D eigenvalue weighted by Gasteiger charge is -2.30. The normalized spacial score (nSPS) is 41.3. The number of aliphatic hydroxyl groups is 2. The Bertz CT molecular complexity index is 414. The fraction of sp³-hybridized carbons (Fsp3) is 0.800. The predicted molar refractivity (Wildman–Crippen MR) is 69.4 cm³/mol. The third-order valence-corrected chi connectivity index (χ3v) is 5.86. The molecule has 2 bridgehead atoms. The molecule has 19 heavy (non-hydrogen) atoms. The lowest BCUT2D eigenvalue weighted by Crippen LogP contribution is -2.26. The van der Waals surface area contributed by atoms with E-state index < -0.39 is 12.6 Å². The first-order valence-electron chi connectivity index (χ1n) is 7.34. The van der Waals surface area contributed by atoms with E-state index in [9.17, 15) is 20.1 Å². The van der Waals surface area contributed by atoms with Gasteiger partial charge < -0.3 is 15.3 Å². The van der Waals surface area contributed by atoms with Gasteiger partial charge in [0.1, 0.15) is 0 Å². The van der Waals surface area contributed by atoms with Gasteiger partial charge in [-0.1, -0.05) is 0 Å². The minimum atomic E-state index is -1.09. The Morgan fingerprint density at radius 1 is 1.00 bits per heavy atom. The smallest absolute Gasteiger partial charge is 0.333 e. The number of carboxylic acids is 1. The maximum atomic E-state index is 11.2. The van der Waals surface area contributed by atoms with Crippen molar-refractivity contribution in [3.8, 4) is 0 Å². The van der Waals surface area contributed by atoms with Crippen LogP contribution in [-0.2, 0) is 4.79 Å². The molecule has 5 unspecified atom stereocenters. The van der Waals surface area contributed by atoms with Gasteiger partial charge in [-0.3, -0.25) is 0 Å². The first kappa shape index (κ1) is 13.1. The second kappa shape index (κ2) is 4.91. The largest absolute Gasteiger partial charge is 0.478 e. The van der Waals surface area contributed by atoms with Gasteiger partial charge >= 0.3 is 5.97 Å². The molecule has 0 amide bonds. The molecule has 3 aliphatic rings. The maximum Gasteiger partial charge on any atom is 0.333 e. The Kier molecular flexibility index (Phi) is 3.39. The zero-order chi connectivity index (χ0) is 13.6. The van der Waals surface area contributed by atoms with Crippen LogP contribution in [0.2, 0.25) is 0 Å². The van der Waals surface area contributed by atoms with Gasteiger partial charge in [-0.2, -0.15) is 0 Å². The van der Waals surface area contributed by atoms with E-state index in [4.69, 9.17) is 0 Å². The summed E-state index contributed by atoms with van der Waals surface area (Å²) in [7, 11) is 0. The molecule has 0 aromatic rings. The lowest BCUT2D eigenvalue weighted by atomic mass is 9.75. The molecule has 5 atom stereocenters. The van der Waals surface area contributed by atoms with E-state index in [1.165, 1.54) is 25.7 Å². The highest BCUT2D eigenvalue weighted by molar-refractivity contribution is 5.88. The van der Waals surface area contributed by atoms with Crippen LogP contribution >= 0.6 is 0 Å². The Labute approximate surface area is 113 Å². The van der Waals surface area contributed by atoms with E-state index in [0.717, 1.165) is 24.2 Å². The van der Waals surface area contributed by atoms with Crippen molar-refractivity contribution in [2.45, 2.75) is 32.1 Å². The molecule has 0 aromatic carbocycles. The van der Waals surface area contributed by atoms with E-state index in [0.29, 0.717) is 11.5 Å². The predicted octanol–water partition coefficient (Wildman–Crippen LogP) is 1.42. The molecule has 0 heterocycles. The van der Waals surface area contributed by atoms with Gasteiger partial charge in [-0.05, 0) is 67.3 Å². The number of aliphatic carboxylic acids is 1. The summed E-state index contributed by atoms with van der Waals surface area (Å²) in [5.41, 5.74) is 0.617. The van der Waals surface area contributed by atoms with Gasteiger partial charge in [0, 0.05) is 0 Å². The average Bonchev–Trinajstić information content (AvgIpc) is 3.07. The number of carbonyl (C=O) groups is 1. The minimum Gasteiger partial charge on any atom is -0.478 e. The number of fused-ring (bicyclic) bond motifs is 5. The second-order valence-corrected chi connectivity index (χ2v) is 6.38. The average molecular weight is 266 g/mol. The number of carboxylic acid groups (broad SMARTS) is 1. The van der Waals surface area contributed by atoms with Crippen LogP contribution in [0.4, 0.5) is 0 Å². The van der Waals surface area contributed by atoms with Crippen LogP contribution < -0.4 is 0 Å². The van der Waals surface area contributed by atoms with E-state index in [-0.39, 0.29) is 18.1 Å². The van der Waals surface area contributed by atoms with Crippen LogP contribution in [0.25, 0.3) is 0 Å². The molecule has 3 saturated carbocycles. The second-order valence-electron chi connectivity index (χ2n) is 6.38. The van der Waals surface area contributed by atoms with E-state index in [1.807, 2.05) is 0 Å². The number of hydrogen-bond acceptors (Lipinski definition) is 3. The third-order valence-electron chi connectivity index (χ3n) is 5.86. The van der Waals surface area contributed by atoms with Crippen LogP contribution in [-0.4, -0.2) is 34.5 Å². The molecule has 0 saturated heterocycles. The highest BCUT2D eigenvalue weighted by Crippen LogP contribution is 2.62. The Balaban J connectivity index is 1.91. The quantitative estimate of drug-likeness (QED) is 0.673.